The third-order valence-electron chi connectivity index (χ3n) is 4.18. The van der Waals surface area contributed by atoms with Crippen LogP contribution in [0.15, 0.2) is 41.3 Å². The molecular formula is C19H16Cl2N2O2S. The highest BCUT2D eigenvalue weighted by molar-refractivity contribution is 8.18. The zero-order valence-corrected chi connectivity index (χ0v) is 16.5. The van der Waals surface area contributed by atoms with Gasteiger partial charge in [-0.2, -0.15) is 0 Å². The maximum absolute atomic E-state index is 12.6. The number of thioether (sulfide) groups is 1. The van der Waals surface area contributed by atoms with Crippen molar-refractivity contribution in [1.29, 1.82) is 0 Å². The summed E-state index contributed by atoms with van der Waals surface area (Å²) in [5, 5.41) is 3.68. The van der Waals surface area contributed by atoms with E-state index in [1.165, 1.54) is 4.90 Å². The summed E-state index contributed by atoms with van der Waals surface area (Å²) in [5.74, 6) is -0.367. The van der Waals surface area contributed by atoms with Gasteiger partial charge in [-0.05, 0) is 61.0 Å². The average molecular weight is 407 g/mol. The van der Waals surface area contributed by atoms with Gasteiger partial charge in [-0.15, -0.1) is 0 Å². The second-order valence-electron chi connectivity index (χ2n) is 5.83. The lowest BCUT2D eigenvalue weighted by Gasteiger charge is -2.16. The maximum Gasteiger partial charge on any atom is 0.295 e. The molecule has 1 saturated heterocycles. The SMILES string of the molecule is Cc1cccc(NCN2C(=O)S/C(=C\c3c(Cl)cccc3Cl)C2=O)c1C. The number of hydrogen-bond acceptors (Lipinski definition) is 4. The molecule has 2 aromatic rings. The molecule has 2 aromatic carbocycles. The Labute approximate surface area is 166 Å². The molecule has 134 valence electrons. The van der Waals surface area contributed by atoms with Crippen LogP contribution in [-0.2, 0) is 4.79 Å². The van der Waals surface area contributed by atoms with Gasteiger partial charge in [0.05, 0.1) is 11.6 Å². The van der Waals surface area contributed by atoms with Gasteiger partial charge in [-0.25, -0.2) is 0 Å². The van der Waals surface area contributed by atoms with Gasteiger partial charge in [0.1, 0.15) is 0 Å². The zero-order chi connectivity index (χ0) is 18.8. The molecule has 0 bridgehead atoms. The van der Waals surface area contributed by atoms with E-state index in [4.69, 9.17) is 23.2 Å². The number of anilines is 1. The predicted molar refractivity (Wildman–Crippen MR) is 109 cm³/mol. The lowest BCUT2D eigenvalue weighted by molar-refractivity contribution is -0.122. The van der Waals surface area contributed by atoms with Gasteiger partial charge in [-0.3, -0.25) is 14.5 Å². The van der Waals surface area contributed by atoms with Gasteiger partial charge >= 0.3 is 0 Å². The Kier molecular flexibility index (Phi) is 5.61. The van der Waals surface area contributed by atoms with Gasteiger partial charge < -0.3 is 5.32 Å². The molecule has 0 atom stereocenters. The number of rotatable bonds is 4. The molecule has 0 saturated carbocycles. The molecule has 1 N–H and O–H groups in total. The van der Waals surface area contributed by atoms with Crippen molar-refractivity contribution in [1.82, 2.24) is 4.90 Å². The van der Waals surface area contributed by atoms with Crippen LogP contribution in [0.1, 0.15) is 16.7 Å². The minimum absolute atomic E-state index is 0.0998. The summed E-state index contributed by atoms with van der Waals surface area (Å²) < 4.78 is 0. The van der Waals surface area contributed by atoms with E-state index in [1.807, 2.05) is 32.0 Å². The number of hydrogen-bond donors (Lipinski definition) is 1. The minimum Gasteiger partial charge on any atom is -0.367 e. The molecule has 0 aliphatic carbocycles. The first-order chi connectivity index (χ1) is 12.4. The normalized spacial score (nSPS) is 15.8. The Bertz CT molecular complexity index is 908. The number of benzene rings is 2. The van der Waals surface area contributed by atoms with Crippen molar-refractivity contribution in [3.05, 3.63) is 68.0 Å². The van der Waals surface area contributed by atoms with E-state index in [-0.39, 0.29) is 17.8 Å². The summed E-state index contributed by atoms with van der Waals surface area (Å²) in [4.78, 5) is 26.3. The number of imide groups is 1. The molecule has 26 heavy (non-hydrogen) atoms. The van der Waals surface area contributed by atoms with Crippen LogP contribution < -0.4 is 5.32 Å². The van der Waals surface area contributed by atoms with Gasteiger partial charge in [0.15, 0.2) is 0 Å². The first-order valence-electron chi connectivity index (χ1n) is 7.88. The summed E-state index contributed by atoms with van der Waals surface area (Å²) in [6.45, 7) is 4.10. The zero-order valence-electron chi connectivity index (χ0n) is 14.2. The van der Waals surface area contributed by atoms with Crippen LogP contribution in [-0.4, -0.2) is 22.7 Å². The highest BCUT2D eigenvalue weighted by Crippen LogP contribution is 2.35. The van der Waals surface area contributed by atoms with Gasteiger partial charge in [-0.1, -0.05) is 41.4 Å². The Morgan fingerprint density at radius 2 is 1.73 bits per heavy atom. The second kappa shape index (κ2) is 7.74. The fraction of sp³-hybridized carbons (Fsp3) is 0.158. The molecule has 2 amide bonds. The molecule has 1 heterocycles. The fourth-order valence-electron chi connectivity index (χ4n) is 2.52. The fourth-order valence-corrected chi connectivity index (χ4v) is 3.85. The van der Waals surface area contributed by atoms with Crippen molar-refractivity contribution < 1.29 is 9.59 Å². The molecule has 0 unspecified atom stereocenters. The first-order valence-corrected chi connectivity index (χ1v) is 9.45. The number of halogens is 2. The summed E-state index contributed by atoms with van der Waals surface area (Å²) in [6, 6.07) is 11.0. The van der Waals surface area contributed by atoms with Crippen LogP contribution in [0.25, 0.3) is 6.08 Å². The molecule has 7 heteroatoms. The third-order valence-corrected chi connectivity index (χ3v) is 5.75. The van der Waals surface area contributed by atoms with Crippen molar-refractivity contribution in [3.63, 3.8) is 0 Å². The maximum atomic E-state index is 12.6. The second-order valence-corrected chi connectivity index (χ2v) is 7.64. The Morgan fingerprint density at radius 3 is 2.42 bits per heavy atom. The number of amides is 2. The quantitative estimate of drug-likeness (QED) is 0.659. The highest BCUT2D eigenvalue weighted by Gasteiger charge is 2.35. The van der Waals surface area contributed by atoms with Crippen LogP contribution in [0.5, 0.6) is 0 Å². The molecular weight excluding hydrogens is 391 g/mol. The van der Waals surface area contributed by atoms with Crippen LogP contribution >= 0.6 is 35.0 Å². The summed E-state index contributed by atoms with van der Waals surface area (Å²) in [6.07, 6.45) is 1.56. The Balaban J connectivity index is 1.79. The largest absolute Gasteiger partial charge is 0.367 e. The predicted octanol–water partition coefficient (Wildman–Crippen LogP) is 5.72. The molecule has 4 nitrogen and oxygen atoms in total. The van der Waals surface area contributed by atoms with E-state index in [0.29, 0.717) is 20.5 Å². The summed E-state index contributed by atoms with van der Waals surface area (Å²) >= 11 is 13.2. The standard InChI is InChI=1S/C19H16Cl2N2O2S/c1-11-5-3-8-16(12(11)2)22-10-23-18(24)17(26-19(23)25)9-13-14(20)6-4-7-15(13)21/h3-9,22H,10H2,1-2H3/b17-9-. The van der Waals surface area contributed by atoms with E-state index in [0.717, 1.165) is 28.6 Å². The summed E-state index contributed by atoms with van der Waals surface area (Å²) in [5.41, 5.74) is 3.64. The van der Waals surface area contributed by atoms with Gasteiger partial charge in [0, 0.05) is 21.3 Å². The van der Waals surface area contributed by atoms with Crippen LogP contribution in [0, 0.1) is 13.8 Å². The number of aryl methyl sites for hydroxylation is 1. The average Bonchev–Trinajstić information content (AvgIpc) is 2.86. The molecule has 0 aromatic heterocycles. The van der Waals surface area contributed by atoms with Crippen LogP contribution in [0.3, 0.4) is 0 Å². The van der Waals surface area contributed by atoms with Crippen molar-refractivity contribution in [2.45, 2.75) is 13.8 Å². The third kappa shape index (κ3) is 3.75. The monoisotopic (exact) mass is 406 g/mol. The number of carbonyl (C=O) groups excluding carboxylic acids is 2. The van der Waals surface area contributed by atoms with Crippen LogP contribution in [0.4, 0.5) is 10.5 Å². The molecule has 0 spiro atoms. The lowest BCUT2D eigenvalue weighted by Crippen LogP contribution is -2.33. The van der Waals surface area contributed by atoms with Gasteiger partial charge in [0.25, 0.3) is 11.1 Å². The Morgan fingerprint density at radius 1 is 1.08 bits per heavy atom. The minimum atomic E-state index is -0.367. The molecule has 3 rings (SSSR count). The van der Waals surface area contributed by atoms with Crippen molar-refractivity contribution in [2.75, 3.05) is 12.0 Å². The number of nitrogens with one attached hydrogen (secondary N) is 1. The number of nitrogens with zero attached hydrogens (tertiary/aromatic N) is 1. The van der Waals surface area contributed by atoms with E-state index in [2.05, 4.69) is 5.32 Å². The summed E-state index contributed by atoms with van der Waals surface area (Å²) in [7, 11) is 0. The molecule has 0 radical (unpaired) electrons. The van der Waals surface area contributed by atoms with Gasteiger partial charge in [0.2, 0.25) is 0 Å². The topological polar surface area (TPSA) is 49.4 Å². The first kappa shape index (κ1) is 18.8. The van der Waals surface area contributed by atoms with Crippen molar-refractivity contribution >= 4 is 57.9 Å². The number of carbonyl (C=O) groups is 2. The lowest BCUT2D eigenvalue weighted by atomic mass is 10.1. The molecule has 1 aliphatic rings. The highest BCUT2D eigenvalue weighted by atomic mass is 35.5. The smallest absolute Gasteiger partial charge is 0.295 e. The molecule has 1 aliphatic heterocycles. The van der Waals surface area contributed by atoms with Crippen molar-refractivity contribution in [2.24, 2.45) is 0 Å². The van der Waals surface area contributed by atoms with Crippen molar-refractivity contribution in [3.8, 4) is 0 Å². The Hall–Kier alpha value is -1.95. The van der Waals surface area contributed by atoms with E-state index >= 15 is 0 Å². The van der Waals surface area contributed by atoms with E-state index < -0.39 is 0 Å². The van der Waals surface area contributed by atoms with E-state index in [1.54, 1.807) is 24.3 Å². The molecule has 1 fully saturated rings. The van der Waals surface area contributed by atoms with E-state index in [9.17, 15) is 9.59 Å². The van der Waals surface area contributed by atoms with Crippen LogP contribution in [0.2, 0.25) is 10.0 Å².